The van der Waals surface area contributed by atoms with E-state index in [1.807, 2.05) is 18.2 Å². The summed E-state index contributed by atoms with van der Waals surface area (Å²) < 4.78 is 13.8. The Morgan fingerprint density at radius 3 is 2.88 bits per heavy atom. The average Bonchev–Trinajstić information content (AvgIpc) is 3.04. The molecule has 1 aliphatic heterocycles. The predicted octanol–water partition coefficient (Wildman–Crippen LogP) is 3.15. The van der Waals surface area contributed by atoms with Crippen LogP contribution in [0.15, 0.2) is 36.4 Å². The zero-order valence-corrected chi connectivity index (χ0v) is 15.2. The van der Waals surface area contributed by atoms with Gasteiger partial charge >= 0.3 is 0 Å². The Kier molecular flexibility index (Phi) is 6.64. The van der Waals surface area contributed by atoms with Gasteiger partial charge in [-0.15, -0.1) is 0 Å². The van der Waals surface area contributed by atoms with E-state index in [1.54, 1.807) is 0 Å². The van der Waals surface area contributed by atoms with E-state index in [0.29, 0.717) is 24.8 Å². The van der Waals surface area contributed by atoms with Crippen LogP contribution in [-0.4, -0.2) is 39.9 Å². The molecule has 7 heteroatoms. The van der Waals surface area contributed by atoms with Gasteiger partial charge in [0.05, 0.1) is 11.7 Å². The quantitative estimate of drug-likeness (QED) is 0.705. The van der Waals surface area contributed by atoms with E-state index < -0.39 is 0 Å². The van der Waals surface area contributed by atoms with Crippen molar-refractivity contribution in [3.05, 3.63) is 42.0 Å². The van der Waals surface area contributed by atoms with Crippen LogP contribution in [0.5, 0.6) is 5.75 Å². The lowest BCUT2D eigenvalue weighted by Crippen LogP contribution is -2.29. The number of ether oxygens (including phenoxy) is 1. The minimum absolute atomic E-state index is 0.445. The molecular formula is C18H25N5OS. The first-order valence-corrected chi connectivity index (χ1v) is 9.45. The van der Waals surface area contributed by atoms with E-state index in [-0.39, 0.29) is 0 Å². The molecule has 25 heavy (non-hydrogen) atoms. The summed E-state index contributed by atoms with van der Waals surface area (Å²) in [7, 11) is 0. The van der Waals surface area contributed by atoms with Crippen molar-refractivity contribution in [3.63, 3.8) is 0 Å². The van der Waals surface area contributed by atoms with E-state index in [0.717, 1.165) is 24.0 Å². The standard InChI is InChI=1S/C18H25N5OS/c19-17-18(22-25-21-17)20-9-2-5-12-24-16-8-6-7-15(13-16)14-23-10-3-1-4-11-23/h2,5-8,13H,1,3-4,9-12,14H2,(H2,19,21)(H,20,22)/b5-2+. The molecule has 0 spiro atoms. The van der Waals surface area contributed by atoms with E-state index >= 15 is 0 Å². The number of nitrogens with two attached hydrogens (primary N) is 1. The van der Waals surface area contributed by atoms with Gasteiger partial charge in [0.25, 0.3) is 0 Å². The molecular weight excluding hydrogens is 334 g/mol. The molecule has 2 heterocycles. The predicted molar refractivity (Wildman–Crippen MR) is 103 cm³/mol. The van der Waals surface area contributed by atoms with E-state index in [9.17, 15) is 0 Å². The van der Waals surface area contributed by atoms with Crippen molar-refractivity contribution in [2.24, 2.45) is 0 Å². The fraction of sp³-hybridized carbons (Fsp3) is 0.444. The number of rotatable bonds is 8. The molecule has 0 atom stereocenters. The summed E-state index contributed by atoms with van der Waals surface area (Å²) in [6, 6.07) is 8.39. The van der Waals surface area contributed by atoms with Crippen molar-refractivity contribution in [2.45, 2.75) is 25.8 Å². The monoisotopic (exact) mass is 359 g/mol. The molecule has 0 saturated carbocycles. The number of benzene rings is 1. The van der Waals surface area contributed by atoms with Gasteiger partial charge in [0, 0.05) is 13.1 Å². The summed E-state index contributed by atoms with van der Waals surface area (Å²) in [6.45, 7) is 4.62. The fourth-order valence-corrected chi connectivity index (χ4v) is 3.33. The number of hydrogen-bond donors (Lipinski definition) is 2. The molecule has 3 N–H and O–H groups in total. The van der Waals surface area contributed by atoms with Crippen molar-refractivity contribution in [3.8, 4) is 5.75 Å². The number of likely N-dealkylation sites (tertiary alicyclic amines) is 1. The van der Waals surface area contributed by atoms with Gasteiger partial charge in [-0.2, -0.15) is 8.75 Å². The van der Waals surface area contributed by atoms with Crippen LogP contribution in [0.4, 0.5) is 11.6 Å². The smallest absolute Gasteiger partial charge is 0.184 e. The molecule has 1 aromatic heterocycles. The van der Waals surface area contributed by atoms with Gasteiger partial charge in [0.15, 0.2) is 11.6 Å². The molecule has 0 unspecified atom stereocenters. The Morgan fingerprint density at radius 2 is 2.08 bits per heavy atom. The third kappa shape index (κ3) is 5.72. The molecule has 1 fully saturated rings. The largest absolute Gasteiger partial charge is 0.490 e. The third-order valence-corrected chi connectivity index (χ3v) is 4.71. The van der Waals surface area contributed by atoms with Crippen molar-refractivity contribution in [1.29, 1.82) is 0 Å². The lowest BCUT2D eigenvalue weighted by atomic mass is 10.1. The number of nitrogens with zero attached hydrogens (tertiary/aromatic N) is 3. The van der Waals surface area contributed by atoms with Crippen LogP contribution >= 0.6 is 11.7 Å². The highest BCUT2D eigenvalue weighted by atomic mass is 32.1. The summed E-state index contributed by atoms with van der Waals surface area (Å²) in [5, 5.41) is 3.11. The van der Waals surface area contributed by atoms with E-state index in [4.69, 9.17) is 10.5 Å². The molecule has 134 valence electrons. The Bertz CT molecular complexity index is 682. The fourth-order valence-electron chi connectivity index (χ4n) is 2.88. The molecule has 2 aromatic rings. The molecule has 1 saturated heterocycles. The second-order valence-electron chi connectivity index (χ2n) is 6.15. The van der Waals surface area contributed by atoms with Crippen LogP contribution in [0.3, 0.4) is 0 Å². The Balaban J connectivity index is 1.39. The van der Waals surface area contributed by atoms with Gasteiger partial charge in [0.1, 0.15) is 12.4 Å². The van der Waals surface area contributed by atoms with Crippen molar-refractivity contribution in [2.75, 3.05) is 37.3 Å². The first kappa shape index (κ1) is 17.7. The number of anilines is 2. The number of nitrogen functional groups attached to an aromatic ring is 1. The number of hydrogen-bond acceptors (Lipinski definition) is 7. The zero-order valence-electron chi connectivity index (χ0n) is 14.4. The second kappa shape index (κ2) is 9.39. The Hall–Kier alpha value is -2.12. The van der Waals surface area contributed by atoms with Crippen LogP contribution in [0, 0.1) is 0 Å². The van der Waals surface area contributed by atoms with E-state index in [2.05, 4.69) is 37.2 Å². The Labute approximate surface area is 153 Å². The molecule has 0 radical (unpaired) electrons. The van der Waals surface area contributed by atoms with Crippen LogP contribution in [0.25, 0.3) is 0 Å². The molecule has 1 aromatic carbocycles. The highest BCUT2D eigenvalue weighted by Gasteiger charge is 2.10. The second-order valence-corrected chi connectivity index (χ2v) is 6.67. The van der Waals surface area contributed by atoms with Crippen LogP contribution in [0.1, 0.15) is 24.8 Å². The minimum atomic E-state index is 0.445. The minimum Gasteiger partial charge on any atom is -0.490 e. The summed E-state index contributed by atoms with van der Waals surface area (Å²) in [6.07, 6.45) is 7.98. The first-order valence-electron chi connectivity index (χ1n) is 8.72. The highest BCUT2D eigenvalue weighted by molar-refractivity contribution is 6.99. The molecule has 0 aliphatic carbocycles. The molecule has 6 nitrogen and oxygen atoms in total. The maximum atomic E-state index is 5.81. The van der Waals surface area contributed by atoms with Gasteiger partial charge in [-0.3, -0.25) is 4.90 Å². The third-order valence-electron chi connectivity index (χ3n) is 4.17. The number of piperidine rings is 1. The normalized spacial score (nSPS) is 15.5. The molecule has 3 rings (SSSR count). The zero-order chi connectivity index (χ0) is 17.3. The Morgan fingerprint density at radius 1 is 1.20 bits per heavy atom. The lowest BCUT2D eigenvalue weighted by Gasteiger charge is -2.26. The van der Waals surface area contributed by atoms with Gasteiger partial charge in [-0.25, -0.2) is 0 Å². The number of nitrogens with one attached hydrogen (secondary N) is 1. The number of aromatic nitrogens is 2. The van der Waals surface area contributed by atoms with Gasteiger partial charge in [-0.1, -0.05) is 24.6 Å². The summed E-state index contributed by atoms with van der Waals surface area (Å²) in [4.78, 5) is 2.52. The van der Waals surface area contributed by atoms with Crippen molar-refractivity contribution < 1.29 is 4.74 Å². The first-order chi connectivity index (χ1) is 12.3. The molecule has 0 bridgehead atoms. The van der Waals surface area contributed by atoms with Gasteiger partial charge in [0.2, 0.25) is 0 Å². The van der Waals surface area contributed by atoms with E-state index in [1.165, 1.54) is 37.9 Å². The van der Waals surface area contributed by atoms with Gasteiger partial charge < -0.3 is 15.8 Å². The van der Waals surface area contributed by atoms with Crippen molar-refractivity contribution >= 4 is 23.4 Å². The maximum absolute atomic E-state index is 5.81. The van der Waals surface area contributed by atoms with Crippen LogP contribution < -0.4 is 15.8 Å². The topological polar surface area (TPSA) is 76.3 Å². The summed E-state index contributed by atoms with van der Waals surface area (Å²) in [5.41, 5.74) is 6.98. The summed E-state index contributed by atoms with van der Waals surface area (Å²) >= 11 is 1.11. The lowest BCUT2D eigenvalue weighted by molar-refractivity contribution is 0.220. The summed E-state index contributed by atoms with van der Waals surface area (Å²) in [5.74, 6) is 2.00. The van der Waals surface area contributed by atoms with Crippen LogP contribution in [0.2, 0.25) is 0 Å². The van der Waals surface area contributed by atoms with Crippen molar-refractivity contribution in [1.82, 2.24) is 13.6 Å². The van der Waals surface area contributed by atoms with Gasteiger partial charge in [-0.05, 0) is 49.7 Å². The molecule has 0 amide bonds. The SMILES string of the molecule is Nc1nsnc1NC/C=C/COc1cccc(CN2CCCCC2)c1. The molecule has 1 aliphatic rings. The highest BCUT2D eigenvalue weighted by Crippen LogP contribution is 2.17. The average molecular weight is 359 g/mol. The van der Waals surface area contributed by atoms with Crippen LogP contribution in [-0.2, 0) is 6.54 Å². The maximum Gasteiger partial charge on any atom is 0.184 e.